The topological polar surface area (TPSA) is 67.3 Å². The van der Waals surface area contributed by atoms with Gasteiger partial charge in [0, 0.05) is 12.2 Å². The minimum atomic E-state index is -0.350. The lowest BCUT2D eigenvalue weighted by Gasteiger charge is -2.30. The Balaban J connectivity index is 1.75. The van der Waals surface area contributed by atoms with Crippen molar-refractivity contribution < 1.29 is 9.53 Å². The zero-order chi connectivity index (χ0) is 17.2. The molecular weight excluding hydrogens is 304 g/mol. The number of rotatable bonds is 5. The number of cyclic esters (lactones) is 1. The fourth-order valence-corrected chi connectivity index (χ4v) is 3.70. The van der Waals surface area contributed by atoms with Gasteiger partial charge in [-0.15, -0.1) is 0 Å². The Kier molecular flexibility index (Phi) is 4.92. The van der Waals surface area contributed by atoms with Crippen LogP contribution < -0.4 is 10.2 Å². The monoisotopic (exact) mass is 332 g/mol. The molecule has 1 N–H and O–H groups in total. The lowest BCUT2D eigenvalue weighted by atomic mass is 9.85. The Morgan fingerprint density at radius 1 is 1.42 bits per heavy atom. The van der Waals surface area contributed by atoms with E-state index in [1.165, 1.54) is 32.1 Å². The van der Waals surface area contributed by atoms with Crippen LogP contribution in [0.25, 0.3) is 0 Å². The van der Waals surface area contributed by atoms with Crippen LogP contribution in [0, 0.1) is 5.92 Å². The zero-order valence-corrected chi connectivity index (χ0v) is 14.9. The fraction of sp³-hybridized carbons (Fsp3) is 0.722. The van der Waals surface area contributed by atoms with Crippen molar-refractivity contribution in [2.75, 3.05) is 16.8 Å². The molecule has 1 saturated heterocycles. The Hall–Kier alpha value is -1.85. The first-order chi connectivity index (χ1) is 11.5. The number of anilines is 2. The summed E-state index contributed by atoms with van der Waals surface area (Å²) in [4.78, 5) is 22.7. The van der Waals surface area contributed by atoms with Crippen LogP contribution in [0.3, 0.4) is 0 Å². The highest BCUT2D eigenvalue weighted by molar-refractivity contribution is 5.90. The summed E-state index contributed by atoms with van der Waals surface area (Å²) < 4.78 is 5.25. The lowest BCUT2D eigenvalue weighted by Crippen LogP contribution is -2.44. The number of nitrogens with one attached hydrogen (secondary N) is 1. The lowest BCUT2D eigenvalue weighted by molar-refractivity contribution is 0.173. The largest absolute Gasteiger partial charge is 0.447 e. The standard InChI is InChI=1S/C18H28N4O2/c1-4-18(3)12-24-17(23)22(18)15-10-11-19-16(21-15)20-13(2)14-8-6-5-7-9-14/h10-11,13-14H,4-9,12H2,1-3H3,(H,19,20,21). The van der Waals surface area contributed by atoms with Crippen LogP contribution in [-0.2, 0) is 4.74 Å². The molecule has 1 aliphatic heterocycles. The van der Waals surface area contributed by atoms with Crippen LogP contribution in [-0.4, -0.2) is 34.2 Å². The Bertz CT molecular complexity index is 588. The number of ether oxygens (including phenoxy) is 1. The second-order valence-electron chi connectivity index (χ2n) is 7.31. The Morgan fingerprint density at radius 2 is 2.17 bits per heavy atom. The van der Waals surface area contributed by atoms with Gasteiger partial charge in [-0.3, -0.25) is 4.90 Å². The van der Waals surface area contributed by atoms with Crippen molar-refractivity contribution in [2.24, 2.45) is 5.92 Å². The van der Waals surface area contributed by atoms with Gasteiger partial charge in [0.05, 0.1) is 5.54 Å². The van der Waals surface area contributed by atoms with Gasteiger partial charge in [0.1, 0.15) is 12.4 Å². The molecule has 1 aliphatic carbocycles. The van der Waals surface area contributed by atoms with Gasteiger partial charge in [-0.1, -0.05) is 26.2 Å². The van der Waals surface area contributed by atoms with Crippen molar-refractivity contribution in [1.29, 1.82) is 0 Å². The third-order valence-electron chi connectivity index (χ3n) is 5.57. The molecule has 24 heavy (non-hydrogen) atoms. The van der Waals surface area contributed by atoms with E-state index in [4.69, 9.17) is 4.74 Å². The van der Waals surface area contributed by atoms with Crippen molar-refractivity contribution in [2.45, 2.75) is 70.9 Å². The Morgan fingerprint density at radius 3 is 2.88 bits per heavy atom. The van der Waals surface area contributed by atoms with Crippen molar-refractivity contribution in [1.82, 2.24) is 9.97 Å². The number of carbonyl (C=O) groups excluding carboxylic acids is 1. The highest BCUT2D eigenvalue weighted by Gasteiger charge is 2.44. The van der Waals surface area contributed by atoms with Crippen molar-refractivity contribution in [3.8, 4) is 0 Å². The molecule has 2 heterocycles. The maximum atomic E-state index is 12.2. The average Bonchev–Trinajstić information content (AvgIpc) is 2.91. The van der Waals surface area contributed by atoms with Crippen molar-refractivity contribution in [3.05, 3.63) is 12.3 Å². The van der Waals surface area contributed by atoms with E-state index in [-0.39, 0.29) is 11.6 Å². The van der Waals surface area contributed by atoms with Crippen LogP contribution in [0.4, 0.5) is 16.6 Å². The van der Waals surface area contributed by atoms with Gasteiger partial charge in [0.2, 0.25) is 5.95 Å². The summed E-state index contributed by atoms with van der Waals surface area (Å²) >= 11 is 0. The van der Waals surface area contributed by atoms with Gasteiger partial charge in [0.15, 0.2) is 0 Å². The van der Waals surface area contributed by atoms with Crippen LogP contribution in [0.15, 0.2) is 12.3 Å². The zero-order valence-electron chi connectivity index (χ0n) is 14.9. The molecule has 2 atom stereocenters. The summed E-state index contributed by atoms with van der Waals surface area (Å²) in [7, 11) is 0. The summed E-state index contributed by atoms with van der Waals surface area (Å²) in [6.07, 6.45) is 8.69. The first-order valence-corrected chi connectivity index (χ1v) is 9.10. The van der Waals surface area contributed by atoms with Gasteiger partial charge in [-0.2, -0.15) is 4.98 Å². The minimum absolute atomic E-state index is 0.329. The number of hydrogen-bond acceptors (Lipinski definition) is 5. The van der Waals surface area contributed by atoms with E-state index in [0.29, 0.717) is 30.3 Å². The van der Waals surface area contributed by atoms with Crippen LogP contribution in [0.2, 0.25) is 0 Å². The molecule has 2 aliphatic rings. The van der Waals surface area contributed by atoms with E-state index >= 15 is 0 Å². The molecule has 3 rings (SSSR count). The molecule has 0 radical (unpaired) electrons. The predicted molar refractivity (Wildman–Crippen MR) is 94.2 cm³/mol. The number of carbonyl (C=O) groups is 1. The van der Waals surface area contributed by atoms with Gasteiger partial charge in [0.25, 0.3) is 0 Å². The molecule has 1 saturated carbocycles. The van der Waals surface area contributed by atoms with Crippen molar-refractivity contribution >= 4 is 17.9 Å². The molecule has 0 spiro atoms. The fourth-order valence-electron chi connectivity index (χ4n) is 3.70. The van der Waals surface area contributed by atoms with E-state index in [1.807, 2.05) is 6.92 Å². The van der Waals surface area contributed by atoms with Gasteiger partial charge in [-0.25, -0.2) is 9.78 Å². The summed E-state index contributed by atoms with van der Waals surface area (Å²) in [5, 5.41) is 3.43. The second-order valence-corrected chi connectivity index (χ2v) is 7.31. The number of aromatic nitrogens is 2. The molecule has 132 valence electrons. The summed E-state index contributed by atoms with van der Waals surface area (Å²) in [5.74, 6) is 1.86. The minimum Gasteiger partial charge on any atom is -0.447 e. The maximum Gasteiger partial charge on any atom is 0.416 e. The summed E-state index contributed by atoms with van der Waals surface area (Å²) in [6.45, 7) is 6.68. The smallest absolute Gasteiger partial charge is 0.416 e. The van der Waals surface area contributed by atoms with E-state index in [2.05, 4.69) is 29.1 Å². The van der Waals surface area contributed by atoms with E-state index in [0.717, 1.165) is 6.42 Å². The van der Waals surface area contributed by atoms with Crippen molar-refractivity contribution in [3.63, 3.8) is 0 Å². The summed E-state index contributed by atoms with van der Waals surface area (Å²) in [5.41, 5.74) is -0.350. The maximum absolute atomic E-state index is 12.2. The molecule has 1 aromatic heterocycles. The first-order valence-electron chi connectivity index (χ1n) is 9.10. The molecule has 1 amide bonds. The van der Waals surface area contributed by atoms with Gasteiger partial charge < -0.3 is 10.1 Å². The third-order valence-corrected chi connectivity index (χ3v) is 5.57. The SMILES string of the molecule is CCC1(C)COC(=O)N1c1ccnc(NC(C)C2CCCCC2)n1. The molecule has 6 nitrogen and oxygen atoms in total. The van der Waals surface area contributed by atoms with Gasteiger partial charge in [-0.05, 0) is 45.1 Å². The van der Waals surface area contributed by atoms with E-state index < -0.39 is 0 Å². The van der Waals surface area contributed by atoms with E-state index in [9.17, 15) is 4.79 Å². The number of hydrogen-bond donors (Lipinski definition) is 1. The quantitative estimate of drug-likeness (QED) is 0.883. The average molecular weight is 332 g/mol. The van der Waals surface area contributed by atoms with Crippen LogP contribution >= 0.6 is 0 Å². The number of amides is 1. The first kappa shape index (κ1) is 17.0. The summed E-state index contributed by atoms with van der Waals surface area (Å²) in [6, 6.07) is 2.11. The molecule has 6 heteroatoms. The Labute approximate surface area is 144 Å². The van der Waals surface area contributed by atoms with Crippen LogP contribution in [0.5, 0.6) is 0 Å². The predicted octanol–water partition coefficient (Wildman–Crippen LogP) is 3.98. The molecule has 1 aromatic rings. The number of nitrogens with zero attached hydrogens (tertiary/aromatic N) is 3. The molecule has 2 unspecified atom stereocenters. The van der Waals surface area contributed by atoms with Gasteiger partial charge >= 0.3 is 6.09 Å². The molecule has 2 fully saturated rings. The van der Waals surface area contributed by atoms with Crippen LogP contribution in [0.1, 0.15) is 59.3 Å². The van der Waals surface area contributed by atoms with E-state index in [1.54, 1.807) is 17.2 Å². The highest BCUT2D eigenvalue weighted by Crippen LogP contribution is 2.32. The molecular formula is C18H28N4O2. The second kappa shape index (κ2) is 6.95. The third kappa shape index (κ3) is 3.32. The molecule has 0 bridgehead atoms. The highest BCUT2D eigenvalue weighted by atomic mass is 16.6. The normalized spacial score (nSPS) is 26.3. The molecule has 0 aromatic carbocycles.